The number of nitrogens with zero attached hydrogens (tertiary/aromatic N) is 4. The molecule has 1 aromatic rings. The first-order valence-electron chi connectivity index (χ1n) is 4.78. The highest BCUT2D eigenvalue weighted by molar-refractivity contribution is 9.10. The van der Waals surface area contributed by atoms with Crippen LogP contribution in [0, 0.1) is 11.3 Å². The number of rotatable bonds is 5. The Bertz CT molecular complexity index is 478. The molecule has 7 heteroatoms. The molecule has 0 bridgehead atoms. The zero-order valence-corrected chi connectivity index (χ0v) is 11.1. The molecule has 0 amide bonds. The number of nitriles is 1. The molecule has 0 radical (unpaired) electrons. The van der Waals surface area contributed by atoms with Crippen LogP contribution in [0.15, 0.2) is 27.8 Å². The number of hydrogen-bond acceptors (Lipinski definition) is 3. The maximum atomic E-state index is 9.07. The summed E-state index contributed by atoms with van der Waals surface area (Å²) in [7, 11) is 0. The van der Waals surface area contributed by atoms with Crippen molar-refractivity contribution in [2.75, 3.05) is 13.1 Å². The monoisotopic (exact) mass is 313 g/mol. The molecule has 0 saturated carbocycles. The Kier molecular flexibility index (Phi) is 5.81. The Hall–Kier alpha value is -1.25. The molecule has 1 unspecified atom stereocenters. The van der Waals surface area contributed by atoms with Gasteiger partial charge in [-0.1, -0.05) is 32.6 Å². The molecule has 1 N–H and O–H groups in total. The minimum absolute atomic E-state index is 0.298. The van der Waals surface area contributed by atoms with E-state index in [-0.39, 0.29) is 0 Å². The molecular weight excluding hydrogens is 306 g/mol. The Labute approximate surface area is 112 Å². The van der Waals surface area contributed by atoms with E-state index in [2.05, 4.69) is 37.3 Å². The minimum atomic E-state index is -0.489. The van der Waals surface area contributed by atoms with Crippen molar-refractivity contribution in [3.05, 3.63) is 43.7 Å². The highest BCUT2D eigenvalue weighted by Crippen LogP contribution is 2.26. The van der Waals surface area contributed by atoms with Crippen LogP contribution < -0.4 is 5.32 Å². The van der Waals surface area contributed by atoms with Gasteiger partial charge in [-0.2, -0.15) is 5.26 Å². The van der Waals surface area contributed by atoms with Gasteiger partial charge < -0.3 is 0 Å². The average molecular weight is 315 g/mol. The minimum Gasteiger partial charge on any atom is -0.298 e. The summed E-state index contributed by atoms with van der Waals surface area (Å²) in [6.45, 7) is 0.730. The second-order valence-electron chi connectivity index (χ2n) is 3.14. The van der Waals surface area contributed by atoms with Gasteiger partial charge in [-0.3, -0.25) is 5.32 Å². The first-order valence-corrected chi connectivity index (χ1v) is 5.95. The topological polar surface area (TPSA) is 84.6 Å². The van der Waals surface area contributed by atoms with Gasteiger partial charge in [0.05, 0.1) is 6.07 Å². The summed E-state index contributed by atoms with van der Waals surface area (Å²) in [4.78, 5) is 2.63. The fourth-order valence-electron chi connectivity index (χ4n) is 1.26. The highest BCUT2D eigenvalue weighted by Gasteiger charge is 2.13. The second-order valence-corrected chi connectivity index (χ2v) is 4.43. The van der Waals surface area contributed by atoms with Crippen molar-refractivity contribution in [1.29, 1.82) is 5.26 Å². The molecule has 5 nitrogen and oxygen atoms in total. The van der Waals surface area contributed by atoms with Gasteiger partial charge >= 0.3 is 0 Å². The third kappa shape index (κ3) is 4.25. The third-order valence-electron chi connectivity index (χ3n) is 2.02. The van der Waals surface area contributed by atoms with Crippen LogP contribution in [0.25, 0.3) is 10.4 Å². The van der Waals surface area contributed by atoms with Gasteiger partial charge in [0.1, 0.15) is 6.04 Å². The fourth-order valence-corrected chi connectivity index (χ4v) is 1.92. The van der Waals surface area contributed by atoms with E-state index in [1.54, 1.807) is 18.2 Å². The van der Waals surface area contributed by atoms with Gasteiger partial charge in [0.15, 0.2) is 0 Å². The highest BCUT2D eigenvalue weighted by atomic mass is 79.9. The van der Waals surface area contributed by atoms with Crippen molar-refractivity contribution < 1.29 is 0 Å². The van der Waals surface area contributed by atoms with Crippen molar-refractivity contribution in [1.82, 2.24) is 5.32 Å². The lowest BCUT2D eigenvalue weighted by molar-refractivity contribution is 0.633. The van der Waals surface area contributed by atoms with Crippen LogP contribution in [0.3, 0.4) is 0 Å². The van der Waals surface area contributed by atoms with Crippen LogP contribution >= 0.6 is 27.5 Å². The largest absolute Gasteiger partial charge is 0.298 e. The molecule has 0 aliphatic heterocycles. The Morgan fingerprint density at radius 3 is 3.06 bits per heavy atom. The maximum Gasteiger partial charge on any atom is 0.122 e. The molecule has 1 aromatic carbocycles. The Balaban J connectivity index is 2.76. The van der Waals surface area contributed by atoms with E-state index >= 15 is 0 Å². The number of azide groups is 1. The Morgan fingerprint density at radius 2 is 2.41 bits per heavy atom. The predicted molar refractivity (Wildman–Crippen MR) is 69.5 cm³/mol. The smallest absolute Gasteiger partial charge is 0.122 e. The SMILES string of the molecule is N#CC(NCCN=[N+]=[N-])c1cc(Cl)ccc1Br. The molecule has 0 spiro atoms. The molecule has 0 saturated heterocycles. The Morgan fingerprint density at radius 1 is 1.65 bits per heavy atom. The number of halogens is 2. The fraction of sp³-hybridized carbons (Fsp3) is 0.300. The van der Waals surface area contributed by atoms with Crippen LogP contribution in [0.1, 0.15) is 11.6 Å². The first-order chi connectivity index (χ1) is 8.19. The molecule has 1 atom stereocenters. The lowest BCUT2D eigenvalue weighted by atomic mass is 10.1. The van der Waals surface area contributed by atoms with Crippen LogP contribution in [0.4, 0.5) is 0 Å². The predicted octanol–water partition coefficient (Wildman–Crippen LogP) is 3.57. The third-order valence-corrected chi connectivity index (χ3v) is 2.98. The first kappa shape index (κ1) is 13.8. The average Bonchev–Trinajstić information content (AvgIpc) is 2.33. The van der Waals surface area contributed by atoms with E-state index in [1.807, 2.05) is 0 Å². The molecule has 0 heterocycles. The van der Waals surface area contributed by atoms with Gasteiger partial charge in [0.25, 0.3) is 0 Å². The summed E-state index contributed by atoms with van der Waals surface area (Å²) >= 11 is 9.24. The molecule has 0 aliphatic carbocycles. The molecule has 0 aromatic heterocycles. The van der Waals surface area contributed by atoms with E-state index in [0.29, 0.717) is 18.1 Å². The number of nitrogens with one attached hydrogen (secondary N) is 1. The summed E-state index contributed by atoms with van der Waals surface area (Å²) in [6.07, 6.45) is 0. The molecule has 0 aliphatic rings. The van der Waals surface area contributed by atoms with Gasteiger partial charge in [0, 0.05) is 27.5 Å². The standard InChI is InChI=1S/C10H9BrClN5/c11-9-2-1-7(12)5-8(9)10(6-13)15-3-4-16-17-14/h1-2,5,10,15H,3-4H2. The summed E-state index contributed by atoms with van der Waals surface area (Å²) in [5.74, 6) is 0. The van der Waals surface area contributed by atoms with Gasteiger partial charge in [0.2, 0.25) is 0 Å². The van der Waals surface area contributed by atoms with Crippen LogP contribution in [-0.2, 0) is 0 Å². The van der Waals surface area contributed by atoms with Gasteiger partial charge in [-0.05, 0) is 29.3 Å². The van der Waals surface area contributed by atoms with Gasteiger partial charge in [-0.25, -0.2) is 0 Å². The van der Waals surface area contributed by atoms with E-state index in [0.717, 1.165) is 10.0 Å². The van der Waals surface area contributed by atoms with Crippen molar-refractivity contribution in [3.8, 4) is 6.07 Å². The zero-order valence-electron chi connectivity index (χ0n) is 8.77. The quantitative estimate of drug-likeness (QED) is 0.390. The van der Waals surface area contributed by atoms with Crippen molar-refractivity contribution >= 4 is 27.5 Å². The van der Waals surface area contributed by atoms with Crippen LogP contribution in [-0.4, -0.2) is 13.1 Å². The summed E-state index contributed by atoms with van der Waals surface area (Å²) in [5, 5.41) is 16.0. The summed E-state index contributed by atoms with van der Waals surface area (Å²) in [5.41, 5.74) is 8.89. The van der Waals surface area contributed by atoms with E-state index < -0.39 is 6.04 Å². The van der Waals surface area contributed by atoms with Gasteiger partial charge in [-0.15, -0.1) is 0 Å². The van der Waals surface area contributed by atoms with Crippen molar-refractivity contribution in [2.45, 2.75) is 6.04 Å². The molecule has 17 heavy (non-hydrogen) atoms. The normalized spacial score (nSPS) is 11.4. The van der Waals surface area contributed by atoms with E-state index in [4.69, 9.17) is 22.4 Å². The van der Waals surface area contributed by atoms with Crippen molar-refractivity contribution in [2.24, 2.45) is 5.11 Å². The second kappa shape index (κ2) is 7.15. The summed E-state index contributed by atoms with van der Waals surface area (Å²) in [6, 6.07) is 6.89. The maximum absolute atomic E-state index is 9.07. The zero-order chi connectivity index (χ0) is 12.7. The molecular formula is C10H9BrClN5. The van der Waals surface area contributed by atoms with E-state index in [9.17, 15) is 0 Å². The number of benzene rings is 1. The number of hydrogen-bond donors (Lipinski definition) is 1. The lowest BCUT2D eigenvalue weighted by Gasteiger charge is -2.13. The lowest BCUT2D eigenvalue weighted by Crippen LogP contribution is -2.23. The van der Waals surface area contributed by atoms with Crippen LogP contribution in [0.2, 0.25) is 5.02 Å². The molecule has 0 fully saturated rings. The molecule has 88 valence electrons. The van der Waals surface area contributed by atoms with Crippen LogP contribution in [0.5, 0.6) is 0 Å². The molecule has 1 rings (SSSR count). The van der Waals surface area contributed by atoms with E-state index in [1.165, 1.54) is 0 Å². The summed E-state index contributed by atoms with van der Waals surface area (Å²) < 4.78 is 0.810. The van der Waals surface area contributed by atoms with Crippen molar-refractivity contribution in [3.63, 3.8) is 0 Å².